The Morgan fingerprint density at radius 3 is 2.12 bits per heavy atom. The molecule has 0 aromatic carbocycles. The Morgan fingerprint density at radius 1 is 1.06 bits per heavy atom. The van der Waals surface area contributed by atoms with Crippen LogP contribution in [0.2, 0.25) is 0 Å². The van der Waals surface area contributed by atoms with Gasteiger partial charge in [-0.2, -0.15) is 0 Å². The molecule has 4 heteroatoms. The second kappa shape index (κ2) is 5.83. The topological polar surface area (TPSA) is 49.8 Å². The molecule has 1 saturated heterocycles. The average molecular weight is 241 g/mol. The Balaban J connectivity index is 1.69. The first-order valence-corrected chi connectivity index (χ1v) is 6.72. The molecule has 1 saturated carbocycles. The van der Waals surface area contributed by atoms with Gasteiger partial charge in [0, 0.05) is 13.1 Å². The van der Waals surface area contributed by atoms with Crippen LogP contribution < -0.4 is 0 Å². The van der Waals surface area contributed by atoms with E-state index in [1.54, 1.807) is 0 Å². The van der Waals surface area contributed by atoms with Gasteiger partial charge < -0.3 is 14.7 Å². The molecule has 0 amide bonds. The fourth-order valence-corrected chi connectivity index (χ4v) is 2.84. The van der Waals surface area contributed by atoms with Crippen molar-refractivity contribution in [2.24, 2.45) is 5.92 Å². The third-order valence-corrected chi connectivity index (χ3v) is 4.07. The smallest absolute Gasteiger partial charge is 0.306 e. The SMILES string of the molecule is CN1CCC(OC2CCC(C(=O)O)CC2)CC1. The number of likely N-dealkylation sites (tertiary alicyclic amines) is 1. The number of carbonyl (C=O) groups is 1. The summed E-state index contributed by atoms with van der Waals surface area (Å²) in [6.45, 7) is 2.24. The predicted octanol–water partition coefficient (Wildman–Crippen LogP) is 1.74. The second-order valence-corrected chi connectivity index (χ2v) is 5.45. The predicted molar refractivity (Wildman–Crippen MR) is 65.0 cm³/mol. The Morgan fingerprint density at radius 2 is 1.59 bits per heavy atom. The van der Waals surface area contributed by atoms with Gasteiger partial charge in [0.1, 0.15) is 0 Å². The zero-order valence-electron chi connectivity index (χ0n) is 10.6. The summed E-state index contributed by atoms with van der Waals surface area (Å²) in [5, 5.41) is 8.93. The molecule has 98 valence electrons. The number of carboxylic acids is 1. The number of hydrogen-bond donors (Lipinski definition) is 1. The molecule has 1 heterocycles. The minimum atomic E-state index is -0.636. The summed E-state index contributed by atoms with van der Waals surface area (Å²) in [7, 11) is 2.15. The van der Waals surface area contributed by atoms with E-state index in [1.165, 1.54) is 0 Å². The van der Waals surface area contributed by atoms with Crippen LogP contribution in [0, 0.1) is 5.92 Å². The molecule has 0 atom stereocenters. The summed E-state index contributed by atoms with van der Waals surface area (Å²) in [5.74, 6) is -0.768. The first-order valence-electron chi connectivity index (χ1n) is 6.72. The maximum atomic E-state index is 10.8. The van der Waals surface area contributed by atoms with Gasteiger partial charge in [0.25, 0.3) is 0 Å². The quantitative estimate of drug-likeness (QED) is 0.817. The van der Waals surface area contributed by atoms with Crippen LogP contribution in [-0.2, 0) is 9.53 Å². The summed E-state index contributed by atoms with van der Waals surface area (Å²) in [6.07, 6.45) is 6.35. The van der Waals surface area contributed by atoms with E-state index in [4.69, 9.17) is 9.84 Å². The van der Waals surface area contributed by atoms with E-state index in [-0.39, 0.29) is 5.92 Å². The van der Waals surface area contributed by atoms with Crippen LogP contribution in [-0.4, -0.2) is 48.3 Å². The van der Waals surface area contributed by atoms with Gasteiger partial charge in [-0.3, -0.25) is 4.79 Å². The van der Waals surface area contributed by atoms with E-state index >= 15 is 0 Å². The number of aliphatic carboxylic acids is 1. The van der Waals surface area contributed by atoms with E-state index in [9.17, 15) is 4.79 Å². The van der Waals surface area contributed by atoms with Gasteiger partial charge in [-0.15, -0.1) is 0 Å². The number of carboxylic acid groups (broad SMARTS) is 1. The van der Waals surface area contributed by atoms with Crippen LogP contribution in [0.5, 0.6) is 0 Å². The third-order valence-electron chi connectivity index (χ3n) is 4.07. The minimum absolute atomic E-state index is 0.132. The molecule has 1 aliphatic heterocycles. The Labute approximate surface area is 103 Å². The molecule has 0 unspecified atom stereocenters. The maximum absolute atomic E-state index is 10.8. The van der Waals surface area contributed by atoms with Crippen molar-refractivity contribution in [1.29, 1.82) is 0 Å². The van der Waals surface area contributed by atoms with Crippen LogP contribution >= 0.6 is 0 Å². The highest BCUT2D eigenvalue weighted by Crippen LogP contribution is 2.28. The van der Waals surface area contributed by atoms with E-state index in [1.807, 2.05) is 0 Å². The largest absolute Gasteiger partial charge is 0.481 e. The van der Waals surface area contributed by atoms with E-state index in [0.717, 1.165) is 51.6 Å². The molecule has 0 radical (unpaired) electrons. The van der Waals surface area contributed by atoms with Gasteiger partial charge in [-0.1, -0.05) is 0 Å². The Kier molecular flexibility index (Phi) is 4.40. The molecule has 0 aromatic heterocycles. The highest BCUT2D eigenvalue weighted by Gasteiger charge is 2.28. The molecule has 2 fully saturated rings. The molecule has 2 rings (SSSR count). The number of nitrogens with zero attached hydrogens (tertiary/aromatic N) is 1. The minimum Gasteiger partial charge on any atom is -0.481 e. The third kappa shape index (κ3) is 3.68. The normalized spacial score (nSPS) is 32.5. The Hall–Kier alpha value is -0.610. The molecule has 4 nitrogen and oxygen atoms in total. The van der Waals surface area contributed by atoms with Crippen molar-refractivity contribution >= 4 is 5.97 Å². The lowest BCUT2D eigenvalue weighted by Gasteiger charge is -2.34. The first-order chi connectivity index (χ1) is 8.15. The van der Waals surface area contributed by atoms with Gasteiger partial charge in [-0.05, 0) is 45.6 Å². The van der Waals surface area contributed by atoms with Crippen molar-refractivity contribution in [3.63, 3.8) is 0 Å². The van der Waals surface area contributed by atoms with Crippen LogP contribution in [0.25, 0.3) is 0 Å². The average Bonchev–Trinajstić information content (AvgIpc) is 2.33. The van der Waals surface area contributed by atoms with Gasteiger partial charge >= 0.3 is 5.97 Å². The lowest BCUT2D eigenvalue weighted by molar-refractivity contribution is -0.144. The van der Waals surface area contributed by atoms with Gasteiger partial charge in [0.15, 0.2) is 0 Å². The van der Waals surface area contributed by atoms with Crippen molar-refractivity contribution in [2.45, 2.75) is 50.7 Å². The molecule has 0 spiro atoms. The van der Waals surface area contributed by atoms with Gasteiger partial charge in [0.2, 0.25) is 0 Å². The molecule has 17 heavy (non-hydrogen) atoms. The molecule has 1 N–H and O–H groups in total. The lowest BCUT2D eigenvalue weighted by Crippen LogP contribution is -2.37. The summed E-state index contributed by atoms with van der Waals surface area (Å²) in [6, 6.07) is 0. The first kappa shape index (κ1) is 12.8. The second-order valence-electron chi connectivity index (χ2n) is 5.45. The molecular formula is C13H23NO3. The summed E-state index contributed by atoms with van der Waals surface area (Å²) in [4.78, 5) is 13.2. The van der Waals surface area contributed by atoms with Gasteiger partial charge in [0.05, 0.1) is 18.1 Å². The number of piperidine rings is 1. The monoisotopic (exact) mass is 241 g/mol. The van der Waals surface area contributed by atoms with E-state index < -0.39 is 5.97 Å². The Bertz CT molecular complexity index is 253. The molecular weight excluding hydrogens is 218 g/mol. The van der Waals surface area contributed by atoms with Crippen LogP contribution in [0.1, 0.15) is 38.5 Å². The fourth-order valence-electron chi connectivity index (χ4n) is 2.84. The fraction of sp³-hybridized carbons (Fsp3) is 0.923. The van der Waals surface area contributed by atoms with Crippen molar-refractivity contribution in [1.82, 2.24) is 4.90 Å². The highest BCUT2D eigenvalue weighted by molar-refractivity contribution is 5.70. The van der Waals surface area contributed by atoms with Crippen molar-refractivity contribution in [3.05, 3.63) is 0 Å². The molecule has 1 aliphatic carbocycles. The van der Waals surface area contributed by atoms with Crippen molar-refractivity contribution < 1.29 is 14.6 Å². The van der Waals surface area contributed by atoms with Gasteiger partial charge in [-0.25, -0.2) is 0 Å². The maximum Gasteiger partial charge on any atom is 0.306 e. The van der Waals surface area contributed by atoms with Crippen LogP contribution in [0.4, 0.5) is 0 Å². The molecule has 2 aliphatic rings. The van der Waals surface area contributed by atoms with Crippen LogP contribution in [0.3, 0.4) is 0 Å². The summed E-state index contributed by atoms with van der Waals surface area (Å²) < 4.78 is 6.09. The van der Waals surface area contributed by atoms with Crippen LogP contribution in [0.15, 0.2) is 0 Å². The number of rotatable bonds is 3. The molecule has 0 aromatic rings. The summed E-state index contributed by atoms with van der Waals surface area (Å²) in [5.41, 5.74) is 0. The van der Waals surface area contributed by atoms with Crippen molar-refractivity contribution in [2.75, 3.05) is 20.1 Å². The zero-order chi connectivity index (χ0) is 12.3. The molecule has 0 bridgehead atoms. The number of hydrogen-bond acceptors (Lipinski definition) is 3. The van der Waals surface area contributed by atoms with E-state index in [0.29, 0.717) is 12.2 Å². The standard InChI is InChI=1S/C13H23NO3/c1-14-8-6-12(7-9-14)17-11-4-2-10(3-5-11)13(15)16/h10-12H,2-9H2,1H3,(H,15,16). The zero-order valence-corrected chi connectivity index (χ0v) is 10.6. The summed E-state index contributed by atoms with van der Waals surface area (Å²) >= 11 is 0. The lowest BCUT2D eigenvalue weighted by atomic mass is 9.87. The highest BCUT2D eigenvalue weighted by atomic mass is 16.5. The number of ether oxygens (including phenoxy) is 1. The van der Waals surface area contributed by atoms with Crippen molar-refractivity contribution in [3.8, 4) is 0 Å². The van der Waals surface area contributed by atoms with E-state index in [2.05, 4.69) is 11.9 Å².